The molecule has 0 bridgehead atoms. The van der Waals surface area contributed by atoms with Crippen molar-refractivity contribution in [2.45, 2.75) is 25.3 Å². The Hall–Kier alpha value is -0.480. The quantitative estimate of drug-likeness (QED) is 0.742. The molecule has 1 atom stereocenters. The van der Waals surface area contributed by atoms with Gasteiger partial charge in [-0.1, -0.05) is 17.3 Å². The molecule has 0 spiro atoms. The van der Waals surface area contributed by atoms with Crippen LogP contribution >= 0.6 is 11.5 Å². The fourth-order valence-electron chi connectivity index (χ4n) is 1.17. The zero-order valence-electron chi connectivity index (χ0n) is 6.23. The molecule has 1 aromatic heterocycles. The summed E-state index contributed by atoms with van der Waals surface area (Å²) in [7, 11) is 0. The molecular formula is C7H11N3S. The van der Waals surface area contributed by atoms with E-state index in [-0.39, 0.29) is 6.04 Å². The van der Waals surface area contributed by atoms with Crippen molar-refractivity contribution in [2.24, 2.45) is 11.7 Å². The van der Waals surface area contributed by atoms with Crippen LogP contribution in [-0.4, -0.2) is 9.59 Å². The van der Waals surface area contributed by atoms with Gasteiger partial charge in [0, 0.05) is 6.04 Å². The minimum Gasteiger partial charge on any atom is -0.323 e. The molecule has 2 N–H and O–H groups in total. The Bertz CT molecular complexity index is 218. The molecule has 60 valence electrons. The van der Waals surface area contributed by atoms with Gasteiger partial charge in [-0.2, -0.15) is 0 Å². The lowest BCUT2D eigenvalue weighted by Crippen LogP contribution is -2.08. The second-order valence-electron chi connectivity index (χ2n) is 3.11. The summed E-state index contributed by atoms with van der Waals surface area (Å²) < 4.78 is 3.78. The van der Waals surface area contributed by atoms with Gasteiger partial charge < -0.3 is 5.73 Å². The fourth-order valence-corrected chi connectivity index (χ4v) is 1.68. The number of hydrogen-bond donors (Lipinski definition) is 1. The lowest BCUT2D eigenvalue weighted by molar-refractivity contribution is 0.604. The van der Waals surface area contributed by atoms with Crippen molar-refractivity contribution in [1.29, 1.82) is 0 Å². The highest BCUT2D eigenvalue weighted by atomic mass is 32.1. The van der Waals surface area contributed by atoms with Crippen LogP contribution in [0.25, 0.3) is 0 Å². The molecule has 1 saturated carbocycles. The van der Waals surface area contributed by atoms with Crippen molar-refractivity contribution in [3.63, 3.8) is 0 Å². The van der Waals surface area contributed by atoms with Gasteiger partial charge in [0.2, 0.25) is 0 Å². The van der Waals surface area contributed by atoms with E-state index in [0.29, 0.717) is 0 Å². The van der Waals surface area contributed by atoms with Crippen molar-refractivity contribution in [1.82, 2.24) is 9.59 Å². The molecular weight excluding hydrogens is 158 g/mol. The fraction of sp³-hybridized carbons (Fsp3) is 0.714. The molecule has 1 aliphatic carbocycles. The maximum atomic E-state index is 5.91. The molecule has 2 rings (SSSR count). The molecule has 1 aromatic rings. The van der Waals surface area contributed by atoms with E-state index in [9.17, 15) is 0 Å². The standard InChI is InChI=1S/C7H11N3S/c8-6(3-5-1-2-5)7-4-9-10-11-7/h4-6H,1-3,8H2. The Balaban J connectivity index is 1.93. The van der Waals surface area contributed by atoms with E-state index in [4.69, 9.17) is 5.73 Å². The highest BCUT2D eigenvalue weighted by Gasteiger charge is 2.25. The molecule has 0 radical (unpaired) electrons. The molecule has 1 unspecified atom stereocenters. The number of nitrogens with zero attached hydrogens (tertiary/aromatic N) is 2. The third-order valence-electron chi connectivity index (χ3n) is 2.03. The van der Waals surface area contributed by atoms with E-state index >= 15 is 0 Å². The average Bonchev–Trinajstić information content (AvgIpc) is 2.67. The zero-order valence-corrected chi connectivity index (χ0v) is 7.05. The SMILES string of the molecule is NC(CC1CC1)c1cnns1. The largest absolute Gasteiger partial charge is 0.323 e. The normalized spacial score (nSPS) is 20.1. The minimum atomic E-state index is 0.183. The first-order valence-corrected chi connectivity index (χ1v) is 4.66. The van der Waals surface area contributed by atoms with Crippen LogP contribution in [0.5, 0.6) is 0 Å². The maximum Gasteiger partial charge on any atom is 0.0669 e. The van der Waals surface area contributed by atoms with Crippen molar-refractivity contribution in [3.8, 4) is 0 Å². The molecule has 1 heterocycles. The first-order chi connectivity index (χ1) is 5.36. The van der Waals surface area contributed by atoms with E-state index in [1.807, 2.05) is 0 Å². The molecule has 1 fully saturated rings. The zero-order chi connectivity index (χ0) is 7.68. The molecule has 0 saturated heterocycles. The van der Waals surface area contributed by atoms with E-state index in [2.05, 4.69) is 9.59 Å². The smallest absolute Gasteiger partial charge is 0.0669 e. The van der Waals surface area contributed by atoms with Crippen LogP contribution in [0.4, 0.5) is 0 Å². The summed E-state index contributed by atoms with van der Waals surface area (Å²) in [5, 5.41) is 3.76. The van der Waals surface area contributed by atoms with Crippen LogP contribution in [-0.2, 0) is 0 Å². The predicted octanol–water partition coefficient (Wildman–Crippen LogP) is 1.34. The van der Waals surface area contributed by atoms with Crippen LogP contribution in [0, 0.1) is 5.92 Å². The highest BCUT2D eigenvalue weighted by molar-refractivity contribution is 7.05. The van der Waals surface area contributed by atoms with Gasteiger partial charge in [-0.05, 0) is 23.9 Å². The van der Waals surface area contributed by atoms with E-state index < -0.39 is 0 Å². The Labute approximate surface area is 69.8 Å². The van der Waals surface area contributed by atoms with Crippen molar-refractivity contribution in [3.05, 3.63) is 11.1 Å². The van der Waals surface area contributed by atoms with Gasteiger partial charge in [-0.25, -0.2) is 0 Å². The van der Waals surface area contributed by atoms with Crippen LogP contribution < -0.4 is 5.73 Å². The molecule has 11 heavy (non-hydrogen) atoms. The summed E-state index contributed by atoms with van der Waals surface area (Å²) in [4.78, 5) is 1.12. The van der Waals surface area contributed by atoms with Gasteiger partial charge in [-0.3, -0.25) is 0 Å². The van der Waals surface area contributed by atoms with Gasteiger partial charge in [-0.15, -0.1) is 5.10 Å². The maximum absolute atomic E-state index is 5.91. The second kappa shape index (κ2) is 2.87. The topological polar surface area (TPSA) is 51.8 Å². The van der Waals surface area contributed by atoms with E-state index in [1.165, 1.54) is 24.4 Å². The Morgan fingerprint density at radius 3 is 3.09 bits per heavy atom. The Morgan fingerprint density at radius 2 is 2.55 bits per heavy atom. The molecule has 3 nitrogen and oxygen atoms in total. The predicted molar refractivity (Wildman–Crippen MR) is 44.2 cm³/mol. The molecule has 4 heteroatoms. The van der Waals surface area contributed by atoms with E-state index in [0.717, 1.165) is 17.2 Å². The van der Waals surface area contributed by atoms with Crippen LogP contribution in [0.3, 0.4) is 0 Å². The first-order valence-electron chi connectivity index (χ1n) is 3.89. The summed E-state index contributed by atoms with van der Waals surface area (Å²) >= 11 is 1.41. The van der Waals surface area contributed by atoms with Crippen LogP contribution in [0.1, 0.15) is 30.2 Å². The Kier molecular flexibility index (Phi) is 1.87. The minimum absolute atomic E-state index is 0.183. The van der Waals surface area contributed by atoms with Gasteiger partial charge in [0.25, 0.3) is 0 Å². The molecule has 0 aromatic carbocycles. The highest BCUT2D eigenvalue weighted by Crippen LogP contribution is 2.36. The summed E-state index contributed by atoms with van der Waals surface area (Å²) in [5.41, 5.74) is 5.91. The summed E-state index contributed by atoms with van der Waals surface area (Å²) in [6.07, 6.45) is 5.61. The molecule has 1 aliphatic rings. The Morgan fingerprint density at radius 1 is 1.73 bits per heavy atom. The monoisotopic (exact) mass is 169 g/mol. The summed E-state index contributed by atoms with van der Waals surface area (Å²) in [6.45, 7) is 0. The number of aromatic nitrogens is 2. The summed E-state index contributed by atoms with van der Waals surface area (Å²) in [5.74, 6) is 0.882. The number of hydrogen-bond acceptors (Lipinski definition) is 4. The number of rotatable bonds is 3. The average molecular weight is 169 g/mol. The second-order valence-corrected chi connectivity index (χ2v) is 3.92. The van der Waals surface area contributed by atoms with E-state index in [1.54, 1.807) is 6.20 Å². The third kappa shape index (κ3) is 1.75. The van der Waals surface area contributed by atoms with Crippen molar-refractivity contribution < 1.29 is 0 Å². The van der Waals surface area contributed by atoms with Crippen molar-refractivity contribution >= 4 is 11.5 Å². The van der Waals surface area contributed by atoms with Crippen LogP contribution in [0.2, 0.25) is 0 Å². The van der Waals surface area contributed by atoms with Gasteiger partial charge in [0.15, 0.2) is 0 Å². The van der Waals surface area contributed by atoms with Crippen LogP contribution in [0.15, 0.2) is 6.20 Å². The summed E-state index contributed by atoms with van der Waals surface area (Å²) in [6, 6.07) is 0.183. The third-order valence-corrected chi connectivity index (χ3v) is 2.82. The molecule has 0 amide bonds. The lowest BCUT2D eigenvalue weighted by Gasteiger charge is -2.05. The van der Waals surface area contributed by atoms with Gasteiger partial charge in [0.1, 0.15) is 0 Å². The van der Waals surface area contributed by atoms with Gasteiger partial charge >= 0.3 is 0 Å². The first kappa shape index (κ1) is 7.18. The lowest BCUT2D eigenvalue weighted by atomic mass is 10.1. The molecule has 0 aliphatic heterocycles. The number of nitrogens with two attached hydrogens (primary N) is 1. The van der Waals surface area contributed by atoms with Crippen molar-refractivity contribution in [2.75, 3.05) is 0 Å². The van der Waals surface area contributed by atoms with Gasteiger partial charge in [0.05, 0.1) is 11.1 Å².